The predicted octanol–water partition coefficient (Wildman–Crippen LogP) is 3.23. The number of Topliss-reactive ketones (excluding diaryl/α,β-unsaturated/α-hetero) is 1. The molecule has 0 aliphatic carbocycles. The third kappa shape index (κ3) is 4.68. The predicted molar refractivity (Wildman–Crippen MR) is 101 cm³/mol. The Bertz CT molecular complexity index is 964. The Morgan fingerprint density at radius 3 is 2.74 bits per heavy atom. The van der Waals surface area contributed by atoms with Crippen LogP contribution in [0.4, 0.5) is 0 Å². The van der Waals surface area contributed by atoms with Crippen molar-refractivity contribution in [1.29, 1.82) is 0 Å². The molecule has 7 nitrogen and oxygen atoms in total. The summed E-state index contributed by atoms with van der Waals surface area (Å²) in [6.07, 6.45) is 6.71. The van der Waals surface area contributed by atoms with Gasteiger partial charge in [0.25, 0.3) is 0 Å². The molecule has 1 aromatic carbocycles. The van der Waals surface area contributed by atoms with Crippen LogP contribution in [-0.4, -0.2) is 37.9 Å². The molecule has 0 aliphatic rings. The second kappa shape index (κ2) is 8.91. The molecule has 0 unspecified atom stereocenters. The number of oxime groups is 1. The van der Waals surface area contributed by atoms with Crippen molar-refractivity contribution in [3.63, 3.8) is 0 Å². The van der Waals surface area contributed by atoms with Crippen molar-refractivity contribution >= 4 is 23.3 Å². The van der Waals surface area contributed by atoms with Gasteiger partial charge in [-0.2, -0.15) is 0 Å². The number of carbonyl (C=O) groups excluding carboxylic acids is 1. The molecule has 0 saturated carbocycles. The lowest BCUT2D eigenvalue weighted by Crippen LogP contribution is -2.18. The molecule has 0 aliphatic heterocycles. The Balaban J connectivity index is 1.79. The summed E-state index contributed by atoms with van der Waals surface area (Å²) in [5, 5.41) is 13.0. The smallest absolute Gasteiger partial charge is 0.217 e. The van der Waals surface area contributed by atoms with Gasteiger partial charge in [-0.15, -0.1) is 0 Å². The monoisotopic (exact) mass is 380 g/mol. The quantitative estimate of drug-likeness (QED) is 0.168. The number of benzene rings is 1. The van der Waals surface area contributed by atoms with Gasteiger partial charge in [0.1, 0.15) is 18.1 Å². The number of ether oxygens (including phenoxy) is 1. The first-order valence-electron chi connectivity index (χ1n) is 7.97. The van der Waals surface area contributed by atoms with Crippen LogP contribution in [0.15, 0.2) is 71.4 Å². The largest absolute Gasteiger partial charge is 0.489 e. The van der Waals surface area contributed by atoms with Crippen molar-refractivity contribution in [1.82, 2.24) is 15.0 Å². The van der Waals surface area contributed by atoms with E-state index in [9.17, 15) is 10.0 Å². The van der Waals surface area contributed by atoms with Gasteiger partial charge in [0, 0.05) is 24.2 Å². The minimum Gasteiger partial charge on any atom is -0.489 e. The van der Waals surface area contributed by atoms with Gasteiger partial charge in [-0.05, 0) is 42.2 Å². The topological polar surface area (TPSA) is 97.6 Å². The molecule has 3 rings (SSSR count). The van der Waals surface area contributed by atoms with Crippen LogP contribution < -0.4 is 4.74 Å². The third-order valence-electron chi connectivity index (χ3n) is 3.62. The van der Waals surface area contributed by atoms with E-state index >= 15 is 0 Å². The highest BCUT2D eigenvalue weighted by Crippen LogP contribution is 2.17. The molecule has 0 radical (unpaired) electrons. The Morgan fingerprint density at radius 2 is 2.00 bits per heavy atom. The highest BCUT2D eigenvalue weighted by molar-refractivity contribution is 7.98. The zero-order chi connectivity index (χ0) is 19.1. The molecule has 27 heavy (non-hydrogen) atoms. The van der Waals surface area contributed by atoms with Gasteiger partial charge in [0.15, 0.2) is 10.9 Å². The number of hydrogen-bond donors (Lipinski definition) is 1. The van der Waals surface area contributed by atoms with Crippen LogP contribution in [0.5, 0.6) is 5.75 Å². The molecule has 8 heteroatoms. The lowest BCUT2D eigenvalue weighted by Gasteiger charge is -2.08. The lowest BCUT2D eigenvalue weighted by atomic mass is 10.0. The van der Waals surface area contributed by atoms with Gasteiger partial charge in [-0.1, -0.05) is 29.1 Å². The summed E-state index contributed by atoms with van der Waals surface area (Å²) in [6, 6.07) is 11.9. The Hall–Kier alpha value is -3.26. The highest BCUT2D eigenvalue weighted by atomic mass is 32.2. The van der Waals surface area contributed by atoms with Crippen LogP contribution in [0.1, 0.15) is 21.6 Å². The number of carbonyl (C=O) groups is 1. The Kier molecular flexibility index (Phi) is 6.11. The zero-order valence-electron chi connectivity index (χ0n) is 14.4. The number of pyridine rings is 1. The van der Waals surface area contributed by atoms with E-state index in [1.165, 1.54) is 24.0 Å². The average Bonchev–Trinajstić information content (AvgIpc) is 2.74. The van der Waals surface area contributed by atoms with Crippen LogP contribution in [0.3, 0.4) is 0 Å². The van der Waals surface area contributed by atoms with E-state index in [4.69, 9.17) is 4.74 Å². The van der Waals surface area contributed by atoms with Gasteiger partial charge in [0.05, 0.1) is 0 Å². The summed E-state index contributed by atoms with van der Waals surface area (Å²) in [6.45, 7) is 0.351. The van der Waals surface area contributed by atoms with Crippen LogP contribution in [-0.2, 0) is 6.61 Å². The first-order valence-corrected chi connectivity index (χ1v) is 9.19. The van der Waals surface area contributed by atoms with E-state index in [0.29, 0.717) is 23.1 Å². The molecule has 2 aromatic heterocycles. The molecular formula is C19H16N4O3S. The SMILES string of the molecule is CSc1nccc(C(=NO)C(=O)c2cccc(OCc3ccncc3)c2)n1. The van der Waals surface area contributed by atoms with Crippen molar-refractivity contribution in [3.8, 4) is 5.75 Å². The maximum absolute atomic E-state index is 12.8. The number of aromatic nitrogens is 3. The Labute approximate surface area is 160 Å². The fourth-order valence-corrected chi connectivity index (χ4v) is 2.65. The normalized spacial score (nSPS) is 11.2. The molecule has 2 heterocycles. The molecular weight excluding hydrogens is 364 g/mol. The maximum Gasteiger partial charge on any atom is 0.217 e. The number of nitrogens with zero attached hydrogens (tertiary/aromatic N) is 4. The van der Waals surface area contributed by atoms with E-state index in [1.54, 1.807) is 36.7 Å². The van der Waals surface area contributed by atoms with Crippen molar-refractivity contribution < 1.29 is 14.7 Å². The summed E-state index contributed by atoms with van der Waals surface area (Å²) < 4.78 is 5.73. The van der Waals surface area contributed by atoms with Gasteiger partial charge in [0.2, 0.25) is 5.78 Å². The fraction of sp³-hybridized carbons (Fsp3) is 0.105. The van der Waals surface area contributed by atoms with Crippen molar-refractivity contribution in [3.05, 3.63) is 77.9 Å². The molecule has 136 valence electrons. The molecule has 1 N–H and O–H groups in total. The van der Waals surface area contributed by atoms with Crippen molar-refractivity contribution in [2.24, 2.45) is 5.16 Å². The van der Waals surface area contributed by atoms with Gasteiger partial charge in [-0.25, -0.2) is 9.97 Å². The van der Waals surface area contributed by atoms with Gasteiger partial charge >= 0.3 is 0 Å². The second-order valence-corrected chi connectivity index (χ2v) is 6.15. The molecule has 3 aromatic rings. The molecule has 0 spiro atoms. The third-order valence-corrected chi connectivity index (χ3v) is 4.19. The summed E-state index contributed by atoms with van der Waals surface area (Å²) >= 11 is 1.33. The fourth-order valence-electron chi connectivity index (χ4n) is 2.29. The van der Waals surface area contributed by atoms with E-state index in [0.717, 1.165) is 5.56 Å². The summed E-state index contributed by atoms with van der Waals surface area (Å²) in [5.74, 6) is 0.0695. The van der Waals surface area contributed by atoms with E-state index in [1.807, 2.05) is 18.4 Å². The number of rotatable bonds is 7. The number of hydrogen-bond acceptors (Lipinski definition) is 8. The second-order valence-electron chi connectivity index (χ2n) is 5.38. The number of thioether (sulfide) groups is 1. The standard InChI is InChI=1S/C19H16N4O3S/c1-27-19-21-10-7-16(22-19)17(23-25)18(24)14-3-2-4-15(11-14)26-12-13-5-8-20-9-6-13/h2-11,25H,12H2,1H3. The van der Waals surface area contributed by atoms with Crippen LogP contribution >= 0.6 is 11.8 Å². The first kappa shape index (κ1) is 18.5. The zero-order valence-corrected chi connectivity index (χ0v) is 15.3. The van der Waals surface area contributed by atoms with Crippen molar-refractivity contribution in [2.75, 3.05) is 6.26 Å². The molecule has 0 atom stereocenters. The molecule has 0 fully saturated rings. The summed E-state index contributed by atoms with van der Waals surface area (Å²) in [4.78, 5) is 25.0. The average molecular weight is 380 g/mol. The maximum atomic E-state index is 12.8. The van der Waals surface area contributed by atoms with Crippen LogP contribution in [0.25, 0.3) is 0 Å². The van der Waals surface area contributed by atoms with Gasteiger partial charge < -0.3 is 9.94 Å². The van der Waals surface area contributed by atoms with E-state index < -0.39 is 5.78 Å². The van der Waals surface area contributed by atoms with E-state index in [-0.39, 0.29) is 11.4 Å². The van der Waals surface area contributed by atoms with Crippen LogP contribution in [0.2, 0.25) is 0 Å². The van der Waals surface area contributed by atoms with Crippen molar-refractivity contribution in [2.45, 2.75) is 11.8 Å². The first-order chi connectivity index (χ1) is 13.2. The summed E-state index contributed by atoms with van der Waals surface area (Å²) in [7, 11) is 0. The molecule has 0 saturated heterocycles. The molecule has 0 amide bonds. The van der Waals surface area contributed by atoms with Crippen LogP contribution in [0, 0.1) is 0 Å². The molecule has 0 bridgehead atoms. The van der Waals surface area contributed by atoms with E-state index in [2.05, 4.69) is 20.1 Å². The minimum absolute atomic E-state index is 0.154. The minimum atomic E-state index is -0.461. The lowest BCUT2D eigenvalue weighted by molar-refractivity contribution is 0.106. The number of ketones is 1. The highest BCUT2D eigenvalue weighted by Gasteiger charge is 2.19. The Morgan fingerprint density at radius 1 is 1.19 bits per heavy atom. The summed E-state index contributed by atoms with van der Waals surface area (Å²) in [5.41, 5.74) is 1.40. The van der Waals surface area contributed by atoms with Gasteiger partial charge in [-0.3, -0.25) is 9.78 Å².